The summed E-state index contributed by atoms with van der Waals surface area (Å²) in [7, 11) is -3.71. The third-order valence-electron chi connectivity index (χ3n) is 2.81. The number of nitrogens with two attached hydrogens (primary N) is 1. The second-order valence-electron chi connectivity index (χ2n) is 4.22. The SMILES string of the molecule is CCN(CCCO)S(=O)(=O)c1cc(C)c(F)c(N)c1. The minimum Gasteiger partial charge on any atom is -0.396 e. The summed E-state index contributed by atoms with van der Waals surface area (Å²) in [5, 5.41) is 8.78. The maximum atomic E-state index is 13.4. The van der Waals surface area contributed by atoms with Crippen LogP contribution >= 0.6 is 0 Å². The van der Waals surface area contributed by atoms with E-state index in [1.165, 1.54) is 17.3 Å². The van der Waals surface area contributed by atoms with Crippen molar-refractivity contribution in [3.63, 3.8) is 0 Å². The van der Waals surface area contributed by atoms with Crippen LogP contribution in [-0.4, -0.2) is 37.5 Å². The van der Waals surface area contributed by atoms with Crippen molar-refractivity contribution in [2.24, 2.45) is 0 Å². The van der Waals surface area contributed by atoms with Crippen LogP contribution in [0.25, 0.3) is 0 Å². The maximum absolute atomic E-state index is 13.4. The van der Waals surface area contributed by atoms with Crippen molar-refractivity contribution >= 4 is 15.7 Å². The van der Waals surface area contributed by atoms with Crippen molar-refractivity contribution in [1.82, 2.24) is 4.31 Å². The first-order chi connectivity index (χ1) is 8.84. The molecule has 1 rings (SSSR count). The van der Waals surface area contributed by atoms with E-state index in [1.807, 2.05) is 0 Å². The van der Waals surface area contributed by atoms with Gasteiger partial charge in [-0.05, 0) is 31.0 Å². The number of nitrogens with zero attached hydrogens (tertiary/aromatic N) is 1. The lowest BCUT2D eigenvalue weighted by Gasteiger charge is -2.20. The summed E-state index contributed by atoms with van der Waals surface area (Å²) in [6.07, 6.45) is 0.350. The number of rotatable bonds is 6. The molecule has 5 nitrogen and oxygen atoms in total. The van der Waals surface area contributed by atoms with Gasteiger partial charge in [0.05, 0.1) is 10.6 Å². The van der Waals surface area contributed by atoms with Gasteiger partial charge in [0.1, 0.15) is 5.82 Å². The van der Waals surface area contributed by atoms with Gasteiger partial charge in [0.2, 0.25) is 10.0 Å². The highest BCUT2D eigenvalue weighted by Gasteiger charge is 2.24. The van der Waals surface area contributed by atoms with Crippen LogP contribution in [-0.2, 0) is 10.0 Å². The molecule has 0 saturated heterocycles. The molecule has 0 radical (unpaired) electrons. The summed E-state index contributed by atoms with van der Waals surface area (Å²) >= 11 is 0. The fourth-order valence-electron chi connectivity index (χ4n) is 1.76. The number of aliphatic hydroxyl groups excluding tert-OH is 1. The number of anilines is 1. The average molecular weight is 290 g/mol. The molecule has 0 aromatic heterocycles. The maximum Gasteiger partial charge on any atom is 0.243 e. The third kappa shape index (κ3) is 3.43. The van der Waals surface area contributed by atoms with Gasteiger partial charge in [-0.2, -0.15) is 4.31 Å². The molecule has 0 spiro atoms. The van der Waals surface area contributed by atoms with Crippen molar-refractivity contribution in [3.8, 4) is 0 Å². The lowest BCUT2D eigenvalue weighted by atomic mass is 10.2. The van der Waals surface area contributed by atoms with E-state index in [4.69, 9.17) is 10.8 Å². The molecule has 0 amide bonds. The highest BCUT2D eigenvalue weighted by atomic mass is 32.2. The van der Waals surface area contributed by atoms with E-state index < -0.39 is 15.8 Å². The largest absolute Gasteiger partial charge is 0.396 e. The van der Waals surface area contributed by atoms with Crippen LogP contribution in [0.2, 0.25) is 0 Å². The molecule has 7 heteroatoms. The van der Waals surface area contributed by atoms with E-state index in [0.717, 1.165) is 6.07 Å². The van der Waals surface area contributed by atoms with E-state index in [-0.39, 0.29) is 35.8 Å². The van der Waals surface area contributed by atoms with Gasteiger partial charge in [-0.25, -0.2) is 12.8 Å². The van der Waals surface area contributed by atoms with Crippen LogP contribution in [0, 0.1) is 12.7 Å². The molecule has 0 heterocycles. The Morgan fingerprint density at radius 1 is 1.42 bits per heavy atom. The molecule has 0 fully saturated rings. The van der Waals surface area contributed by atoms with Gasteiger partial charge >= 0.3 is 0 Å². The Bertz CT molecular complexity index is 523. The number of benzene rings is 1. The predicted molar refractivity (Wildman–Crippen MR) is 71.7 cm³/mol. The monoisotopic (exact) mass is 290 g/mol. The van der Waals surface area contributed by atoms with E-state index in [1.54, 1.807) is 6.92 Å². The smallest absolute Gasteiger partial charge is 0.243 e. The molecule has 19 heavy (non-hydrogen) atoms. The fourth-order valence-corrected chi connectivity index (χ4v) is 3.37. The topological polar surface area (TPSA) is 83.6 Å². The van der Waals surface area contributed by atoms with Crippen LogP contribution in [0.1, 0.15) is 18.9 Å². The summed E-state index contributed by atoms with van der Waals surface area (Å²) in [5.74, 6) is -0.600. The molecule has 0 aliphatic carbocycles. The van der Waals surface area contributed by atoms with Crippen molar-refractivity contribution in [2.45, 2.75) is 25.2 Å². The number of hydrogen-bond acceptors (Lipinski definition) is 4. The molecule has 0 aliphatic rings. The quantitative estimate of drug-likeness (QED) is 0.769. The van der Waals surface area contributed by atoms with Crippen molar-refractivity contribution in [3.05, 3.63) is 23.5 Å². The van der Waals surface area contributed by atoms with Crippen molar-refractivity contribution in [2.75, 3.05) is 25.4 Å². The average Bonchev–Trinajstić information content (AvgIpc) is 2.36. The van der Waals surface area contributed by atoms with Gasteiger partial charge in [0, 0.05) is 19.7 Å². The second kappa shape index (κ2) is 6.31. The van der Waals surface area contributed by atoms with Gasteiger partial charge < -0.3 is 10.8 Å². The Labute approximate surface area is 112 Å². The normalized spacial score (nSPS) is 12.1. The third-order valence-corrected chi connectivity index (χ3v) is 4.76. The number of aryl methyl sites for hydroxylation is 1. The molecule has 0 bridgehead atoms. The first-order valence-corrected chi connectivity index (χ1v) is 7.45. The van der Waals surface area contributed by atoms with Gasteiger partial charge in [-0.1, -0.05) is 6.92 Å². The molecule has 0 unspecified atom stereocenters. The minimum absolute atomic E-state index is 0.0244. The van der Waals surface area contributed by atoms with E-state index in [2.05, 4.69) is 0 Å². The summed E-state index contributed by atoms with van der Waals surface area (Å²) in [6, 6.07) is 2.39. The Balaban J connectivity index is 3.18. The first-order valence-electron chi connectivity index (χ1n) is 6.01. The zero-order valence-corrected chi connectivity index (χ0v) is 11.9. The number of aliphatic hydroxyl groups is 1. The molecule has 1 aromatic carbocycles. The van der Waals surface area contributed by atoms with Crippen molar-refractivity contribution < 1.29 is 17.9 Å². The van der Waals surface area contributed by atoms with Crippen LogP contribution in [0.3, 0.4) is 0 Å². The van der Waals surface area contributed by atoms with Gasteiger partial charge in [0.15, 0.2) is 0 Å². The highest BCUT2D eigenvalue weighted by Crippen LogP contribution is 2.23. The Morgan fingerprint density at radius 2 is 2.05 bits per heavy atom. The molecule has 1 aromatic rings. The van der Waals surface area contributed by atoms with Gasteiger partial charge in [-0.15, -0.1) is 0 Å². The molecule has 0 atom stereocenters. The molecule has 0 saturated carbocycles. The van der Waals surface area contributed by atoms with Crippen LogP contribution in [0.5, 0.6) is 0 Å². The standard InChI is InChI=1S/C12H19FN2O3S/c1-3-15(5-4-6-16)19(17,18)10-7-9(2)12(13)11(14)8-10/h7-8,16H,3-6,14H2,1-2H3. The predicted octanol–water partition coefficient (Wildman–Crippen LogP) is 1.11. The summed E-state index contributed by atoms with van der Waals surface area (Å²) in [4.78, 5) is -0.0244. The lowest BCUT2D eigenvalue weighted by Crippen LogP contribution is -2.32. The number of sulfonamides is 1. The van der Waals surface area contributed by atoms with E-state index in [0.29, 0.717) is 6.42 Å². The number of nitrogen functional groups attached to an aromatic ring is 1. The van der Waals surface area contributed by atoms with Gasteiger partial charge in [0.25, 0.3) is 0 Å². The summed E-state index contributed by atoms with van der Waals surface area (Å²) in [5.41, 5.74) is 5.47. The molecule has 0 aliphatic heterocycles. The first kappa shape index (κ1) is 15.9. The molecular formula is C12H19FN2O3S. The van der Waals surface area contributed by atoms with Crippen LogP contribution in [0.15, 0.2) is 17.0 Å². The van der Waals surface area contributed by atoms with Crippen molar-refractivity contribution in [1.29, 1.82) is 0 Å². The van der Waals surface area contributed by atoms with E-state index in [9.17, 15) is 12.8 Å². The second-order valence-corrected chi connectivity index (χ2v) is 6.16. The zero-order valence-electron chi connectivity index (χ0n) is 11.1. The Hall–Kier alpha value is -1.18. The number of halogens is 1. The minimum atomic E-state index is -3.71. The van der Waals surface area contributed by atoms with Crippen LogP contribution < -0.4 is 5.73 Å². The number of hydrogen-bond donors (Lipinski definition) is 2. The van der Waals surface area contributed by atoms with Crippen LogP contribution in [0.4, 0.5) is 10.1 Å². The fraction of sp³-hybridized carbons (Fsp3) is 0.500. The lowest BCUT2D eigenvalue weighted by molar-refractivity contribution is 0.271. The summed E-state index contributed by atoms with van der Waals surface area (Å²) in [6.45, 7) is 3.57. The van der Waals surface area contributed by atoms with E-state index >= 15 is 0 Å². The molecule has 3 N–H and O–H groups in total. The highest BCUT2D eigenvalue weighted by molar-refractivity contribution is 7.89. The zero-order chi connectivity index (χ0) is 14.6. The summed E-state index contributed by atoms with van der Waals surface area (Å²) < 4.78 is 39.4. The van der Waals surface area contributed by atoms with Gasteiger partial charge in [-0.3, -0.25) is 0 Å². The molecule has 108 valence electrons. The molecular weight excluding hydrogens is 271 g/mol. The Kier molecular flexibility index (Phi) is 5.28. The Morgan fingerprint density at radius 3 is 2.53 bits per heavy atom.